The summed E-state index contributed by atoms with van der Waals surface area (Å²) in [6, 6.07) is 8.87. The molecule has 1 unspecified atom stereocenters. The maximum Gasteiger partial charge on any atom is 0.341 e. The van der Waals surface area contributed by atoms with Gasteiger partial charge in [0.1, 0.15) is 11.6 Å². The molecule has 130 valence electrons. The molecule has 0 bridgehead atoms. The standard InChI is InChI=1S/C20H16N2O4/c1-10(2)15-6-13-12-5-3-4-11(8-21)18(12)26-19(13)16-7-17(23)14(20(24)25)9-22(15)16/h3-5,7,9-10,15H,6H2,1-2H3,(H,24,25). The van der Waals surface area contributed by atoms with Gasteiger partial charge in [0.25, 0.3) is 0 Å². The van der Waals surface area contributed by atoms with E-state index in [1.165, 1.54) is 12.3 Å². The lowest BCUT2D eigenvalue weighted by Gasteiger charge is -2.31. The number of carboxylic acids is 1. The first kappa shape index (κ1) is 16.2. The second kappa shape index (κ2) is 5.60. The minimum absolute atomic E-state index is 0.0114. The number of furan rings is 1. The first-order valence-corrected chi connectivity index (χ1v) is 8.36. The predicted molar refractivity (Wildman–Crippen MR) is 95.2 cm³/mol. The normalized spacial score (nSPS) is 15.5. The number of benzene rings is 1. The number of pyridine rings is 1. The number of aromatic carboxylic acids is 1. The third-order valence-corrected chi connectivity index (χ3v) is 5.02. The molecule has 0 amide bonds. The summed E-state index contributed by atoms with van der Waals surface area (Å²) in [6.45, 7) is 4.11. The van der Waals surface area contributed by atoms with E-state index in [-0.39, 0.29) is 17.5 Å². The van der Waals surface area contributed by atoms with Gasteiger partial charge in [0, 0.05) is 29.3 Å². The summed E-state index contributed by atoms with van der Waals surface area (Å²) in [4.78, 5) is 23.7. The molecule has 1 aromatic carbocycles. The minimum Gasteiger partial charge on any atom is -0.477 e. The highest BCUT2D eigenvalue weighted by atomic mass is 16.4. The van der Waals surface area contributed by atoms with Crippen LogP contribution in [0, 0.1) is 17.2 Å². The van der Waals surface area contributed by atoms with Gasteiger partial charge in [0.2, 0.25) is 0 Å². The van der Waals surface area contributed by atoms with E-state index in [0.29, 0.717) is 29.0 Å². The molecule has 3 aromatic rings. The molecule has 0 aliphatic carbocycles. The molecule has 26 heavy (non-hydrogen) atoms. The number of para-hydroxylation sites is 1. The highest BCUT2D eigenvalue weighted by molar-refractivity contribution is 5.92. The molecule has 0 saturated heterocycles. The minimum atomic E-state index is -1.24. The average Bonchev–Trinajstić information content (AvgIpc) is 2.99. The fourth-order valence-electron chi connectivity index (χ4n) is 3.70. The second-order valence-electron chi connectivity index (χ2n) is 6.87. The van der Waals surface area contributed by atoms with Crippen molar-refractivity contribution in [3.05, 3.63) is 57.4 Å². The van der Waals surface area contributed by atoms with Crippen LogP contribution in [0.4, 0.5) is 0 Å². The smallest absolute Gasteiger partial charge is 0.341 e. The summed E-state index contributed by atoms with van der Waals surface area (Å²) in [5.41, 5.74) is 1.65. The molecule has 1 aliphatic heterocycles. The van der Waals surface area contributed by atoms with Crippen LogP contribution in [0.3, 0.4) is 0 Å². The van der Waals surface area contributed by atoms with Gasteiger partial charge >= 0.3 is 5.97 Å². The van der Waals surface area contributed by atoms with Crippen molar-refractivity contribution in [3.8, 4) is 17.5 Å². The van der Waals surface area contributed by atoms with E-state index in [2.05, 4.69) is 19.9 Å². The topological polar surface area (TPSA) is 96.2 Å². The van der Waals surface area contributed by atoms with Gasteiger partial charge in [-0.2, -0.15) is 5.26 Å². The van der Waals surface area contributed by atoms with Crippen molar-refractivity contribution in [3.63, 3.8) is 0 Å². The SMILES string of the molecule is CC(C)C1Cc2c(oc3c(C#N)cccc23)-c2cc(=O)c(C(=O)O)cn21. The van der Waals surface area contributed by atoms with Crippen molar-refractivity contribution in [2.75, 3.05) is 0 Å². The highest BCUT2D eigenvalue weighted by Gasteiger charge is 2.32. The zero-order valence-electron chi connectivity index (χ0n) is 14.3. The lowest BCUT2D eigenvalue weighted by molar-refractivity contribution is 0.0694. The molecule has 0 spiro atoms. The lowest BCUT2D eigenvalue weighted by Crippen LogP contribution is -2.27. The summed E-state index contributed by atoms with van der Waals surface area (Å²) in [7, 11) is 0. The number of carboxylic acid groups (broad SMARTS) is 1. The summed E-state index contributed by atoms with van der Waals surface area (Å²) in [6.07, 6.45) is 2.05. The number of carbonyl (C=O) groups is 1. The van der Waals surface area contributed by atoms with Gasteiger partial charge in [-0.15, -0.1) is 0 Å². The van der Waals surface area contributed by atoms with Crippen LogP contribution in [0.1, 0.15) is 41.4 Å². The summed E-state index contributed by atoms with van der Waals surface area (Å²) < 4.78 is 7.82. The van der Waals surface area contributed by atoms with Gasteiger partial charge in [-0.3, -0.25) is 4.79 Å². The molecule has 1 atom stereocenters. The van der Waals surface area contributed by atoms with Crippen molar-refractivity contribution in [2.45, 2.75) is 26.3 Å². The molecule has 2 aromatic heterocycles. The molecule has 6 nitrogen and oxygen atoms in total. The lowest BCUT2D eigenvalue weighted by atomic mass is 9.89. The summed E-state index contributed by atoms with van der Waals surface area (Å²) in [5, 5.41) is 19.5. The van der Waals surface area contributed by atoms with Gasteiger partial charge in [-0.05, 0) is 18.4 Å². The van der Waals surface area contributed by atoms with Crippen LogP contribution in [-0.4, -0.2) is 15.6 Å². The van der Waals surface area contributed by atoms with Crippen molar-refractivity contribution in [1.29, 1.82) is 5.26 Å². The quantitative estimate of drug-likeness (QED) is 0.763. The van der Waals surface area contributed by atoms with Crippen LogP contribution >= 0.6 is 0 Å². The molecule has 1 aliphatic rings. The molecular weight excluding hydrogens is 332 g/mol. The fourth-order valence-corrected chi connectivity index (χ4v) is 3.70. The Hall–Kier alpha value is -3.33. The third-order valence-electron chi connectivity index (χ3n) is 5.02. The fraction of sp³-hybridized carbons (Fsp3) is 0.250. The number of hydrogen-bond donors (Lipinski definition) is 1. The number of aromatic nitrogens is 1. The Bertz CT molecular complexity index is 1160. The molecule has 3 heterocycles. The van der Waals surface area contributed by atoms with Gasteiger partial charge in [0.05, 0.1) is 11.3 Å². The number of fused-ring (bicyclic) bond motifs is 5. The van der Waals surface area contributed by atoms with Crippen molar-refractivity contribution in [2.24, 2.45) is 5.92 Å². The Morgan fingerprint density at radius 1 is 1.42 bits per heavy atom. The largest absolute Gasteiger partial charge is 0.477 e. The third kappa shape index (κ3) is 2.17. The van der Waals surface area contributed by atoms with Crippen molar-refractivity contribution in [1.82, 2.24) is 4.57 Å². The van der Waals surface area contributed by atoms with Crippen LogP contribution in [-0.2, 0) is 6.42 Å². The molecule has 4 rings (SSSR count). The molecule has 6 heteroatoms. The second-order valence-corrected chi connectivity index (χ2v) is 6.87. The van der Waals surface area contributed by atoms with Crippen LogP contribution in [0.5, 0.6) is 0 Å². The van der Waals surface area contributed by atoms with Gasteiger partial charge in [-0.1, -0.05) is 26.0 Å². The van der Waals surface area contributed by atoms with E-state index in [1.807, 2.05) is 16.7 Å². The molecule has 0 saturated carbocycles. The number of hydrogen-bond acceptors (Lipinski definition) is 4. The van der Waals surface area contributed by atoms with Crippen LogP contribution in [0.2, 0.25) is 0 Å². The zero-order valence-corrected chi connectivity index (χ0v) is 14.3. The van der Waals surface area contributed by atoms with E-state index in [4.69, 9.17) is 4.42 Å². The van der Waals surface area contributed by atoms with Crippen molar-refractivity contribution >= 4 is 16.9 Å². The molecular formula is C20H16N2O4. The first-order valence-electron chi connectivity index (χ1n) is 8.36. The Labute approximate surface area is 148 Å². The molecule has 0 fully saturated rings. The Kier molecular flexibility index (Phi) is 3.48. The van der Waals surface area contributed by atoms with Crippen molar-refractivity contribution < 1.29 is 14.3 Å². The summed E-state index contributed by atoms with van der Waals surface area (Å²) >= 11 is 0. The van der Waals surface area contributed by atoms with Crippen LogP contribution in [0.15, 0.2) is 39.7 Å². The number of nitrogens with zero attached hydrogens (tertiary/aromatic N) is 2. The molecule has 1 N–H and O–H groups in total. The first-order chi connectivity index (χ1) is 12.4. The number of rotatable bonds is 2. The zero-order chi connectivity index (χ0) is 18.6. The number of nitriles is 1. The maximum atomic E-state index is 12.3. The van der Waals surface area contributed by atoms with Crippen LogP contribution in [0.25, 0.3) is 22.4 Å². The van der Waals surface area contributed by atoms with Crippen LogP contribution < -0.4 is 5.43 Å². The average molecular weight is 348 g/mol. The van der Waals surface area contributed by atoms with Gasteiger partial charge in [-0.25, -0.2) is 4.79 Å². The monoisotopic (exact) mass is 348 g/mol. The molecule has 0 radical (unpaired) electrons. The van der Waals surface area contributed by atoms with E-state index in [0.717, 1.165) is 10.9 Å². The van der Waals surface area contributed by atoms with E-state index >= 15 is 0 Å². The Morgan fingerprint density at radius 3 is 2.85 bits per heavy atom. The van der Waals surface area contributed by atoms with E-state index in [9.17, 15) is 20.0 Å². The van der Waals surface area contributed by atoms with Gasteiger partial charge < -0.3 is 14.1 Å². The Morgan fingerprint density at radius 2 is 2.19 bits per heavy atom. The maximum absolute atomic E-state index is 12.3. The Balaban J connectivity index is 2.09. The predicted octanol–water partition coefficient (Wildman–Crippen LogP) is 3.58. The highest BCUT2D eigenvalue weighted by Crippen LogP contribution is 2.43. The van der Waals surface area contributed by atoms with E-state index < -0.39 is 11.4 Å². The van der Waals surface area contributed by atoms with E-state index in [1.54, 1.807) is 6.07 Å². The van der Waals surface area contributed by atoms with Gasteiger partial charge in [0.15, 0.2) is 16.8 Å². The summed E-state index contributed by atoms with van der Waals surface area (Å²) in [5.74, 6) is -0.487.